The molecule has 1 nitrogen and oxygen atoms in total. The first kappa shape index (κ1) is 27.0. The second kappa shape index (κ2) is 10.3. The first-order valence-corrected chi connectivity index (χ1v) is 16.4. The summed E-state index contributed by atoms with van der Waals surface area (Å²) in [4.78, 5) is 2.49. The first-order valence-electron chi connectivity index (χ1n) is 16.4. The Kier molecular flexibility index (Phi) is 6.05. The molecule has 0 amide bonds. The average molecular weight is 590 g/mol. The molecule has 0 aromatic heterocycles. The van der Waals surface area contributed by atoms with Crippen LogP contribution in [0.2, 0.25) is 0 Å². The van der Waals surface area contributed by atoms with Crippen molar-refractivity contribution in [1.29, 1.82) is 0 Å². The highest BCUT2D eigenvalue weighted by atomic mass is 15.1. The lowest BCUT2D eigenvalue weighted by atomic mass is 9.82. The highest BCUT2D eigenvalue weighted by Gasteiger charge is 2.35. The van der Waals surface area contributed by atoms with Crippen molar-refractivity contribution >= 4 is 44.2 Å². The van der Waals surface area contributed by atoms with Crippen LogP contribution in [0.3, 0.4) is 0 Å². The summed E-state index contributed by atoms with van der Waals surface area (Å²) in [6.07, 6.45) is 14.8. The van der Waals surface area contributed by atoms with Gasteiger partial charge in [0, 0.05) is 28.3 Å². The molecule has 0 saturated carbocycles. The highest BCUT2D eigenvalue weighted by Crippen LogP contribution is 2.52. The maximum absolute atomic E-state index is 2.49. The molecule has 1 unspecified atom stereocenters. The molecular weight excluding hydrogens is 555 g/mol. The Morgan fingerprint density at radius 3 is 2.26 bits per heavy atom. The zero-order valence-corrected chi connectivity index (χ0v) is 26.2. The largest absolute Gasteiger partial charge is 0.310 e. The van der Waals surface area contributed by atoms with Crippen molar-refractivity contribution in [2.45, 2.75) is 25.7 Å². The van der Waals surface area contributed by atoms with Crippen LogP contribution < -0.4 is 4.90 Å². The van der Waals surface area contributed by atoms with Gasteiger partial charge >= 0.3 is 0 Å². The Bertz CT molecular complexity index is 2330. The normalized spacial score (nSPS) is 17.3. The minimum absolute atomic E-state index is 0.0378. The third-order valence-corrected chi connectivity index (χ3v) is 10.3. The summed E-state index contributed by atoms with van der Waals surface area (Å²) in [7, 11) is 0. The molecule has 3 aliphatic rings. The maximum Gasteiger partial charge on any atom is 0.0546 e. The second-order valence-corrected chi connectivity index (χ2v) is 13.3. The van der Waals surface area contributed by atoms with E-state index in [9.17, 15) is 0 Å². The van der Waals surface area contributed by atoms with E-state index in [2.05, 4.69) is 177 Å². The van der Waals surface area contributed by atoms with Crippen LogP contribution in [-0.4, -0.2) is 0 Å². The summed E-state index contributed by atoms with van der Waals surface area (Å²) in [5, 5.41) is 5.01. The summed E-state index contributed by atoms with van der Waals surface area (Å²) in [6.45, 7) is 4.70. The molecule has 1 heteroatoms. The van der Waals surface area contributed by atoms with E-state index in [1.54, 1.807) is 0 Å². The lowest BCUT2D eigenvalue weighted by molar-refractivity contribution is 0.660. The van der Waals surface area contributed by atoms with E-state index in [-0.39, 0.29) is 5.41 Å². The molecule has 0 N–H and O–H groups in total. The molecule has 0 aliphatic heterocycles. The quantitative estimate of drug-likeness (QED) is 0.198. The number of hydrogen-bond donors (Lipinski definition) is 0. The first-order chi connectivity index (χ1) is 22.6. The number of anilines is 3. The highest BCUT2D eigenvalue weighted by molar-refractivity contribution is 6.05. The maximum atomic E-state index is 2.49. The average Bonchev–Trinajstić information content (AvgIpc) is 3.33. The van der Waals surface area contributed by atoms with Gasteiger partial charge in [-0.2, -0.15) is 0 Å². The van der Waals surface area contributed by atoms with Gasteiger partial charge in [0.15, 0.2) is 0 Å². The predicted molar refractivity (Wildman–Crippen MR) is 196 cm³/mol. The van der Waals surface area contributed by atoms with E-state index >= 15 is 0 Å². The molecule has 0 radical (unpaired) electrons. The third-order valence-electron chi connectivity index (χ3n) is 10.3. The van der Waals surface area contributed by atoms with Gasteiger partial charge in [0.25, 0.3) is 0 Å². The minimum atomic E-state index is -0.0378. The van der Waals surface area contributed by atoms with Crippen molar-refractivity contribution in [3.05, 3.63) is 180 Å². The van der Waals surface area contributed by atoms with Gasteiger partial charge in [-0.3, -0.25) is 0 Å². The number of hydrogen-bond acceptors (Lipinski definition) is 1. The minimum Gasteiger partial charge on any atom is -0.310 e. The van der Waals surface area contributed by atoms with Crippen molar-refractivity contribution in [1.82, 2.24) is 0 Å². The molecule has 3 aliphatic carbocycles. The Morgan fingerprint density at radius 2 is 1.35 bits per heavy atom. The molecular formula is C45H35N. The van der Waals surface area contributed by atoms with E-state index in [1.807, 2.05) is 0 Å². The van der Waals surface area contributed by atoms with Gasteiger partial charge in [0.05, 0.1) is 5.69 Å². The van der Waals surface area contributed by atoms with Crippen LogP contribution in [0.25, 0.3) is 38.2 Å². The van der Waals surface area contributed by atoms with Gasteiger partial charge in [0.1, 0.15) is 0 Å². The van der Waals surface area contributed by atoms with Crippen LogP contribution in [0, 0.1) is 5.92 Å². The standard InChI is InChI=1S/C45H35N/c1-45(2)41-18-10-9-17-39(41)40-29-37(24-25-42(40)45)46(36-23-21-31-12-4-6-15-34(31)28-36)43-26-22-32-13-7-8-16-38(32)44(43)35-20-19-30-11-3-5-14-33(30)27-35/h3-18,20-30H,19H2,1-2H3. The molecule has 0 spiro atoms. The molecule has 1 atom stereocenters. The van der Waals surface area contributed by atoms with Crippen LogP contribution in [-0.2, 0) is 5.41 Å². The van der Waals surface area contributed by atoms with Gasteiger partial charge in [-0.1, -0.05) is 141 Å². The SMILES string of the molecule is CC1(C)c2ccccc2-c2cc(N(c3ccc4ccccc4c3)c3ccc4ccccc4c3C3=CCC4C=CC=CC4=C3)ccc21. The summed E-state index contributed by atoms with van der Waals surface area (Å²) in [5.41, 5.74) is 12.9. The fourth-order valence-electron chi connectivity index (χ4n) is 7.98. The van der Waals surface area contributed by atoms with Gasteiger partial charge in [-0.25, -0.2) is 0 Å². The predicted octanol–water partition coefficient (Wildman–Crippen LogP) is 12.2. The van der Waals surface area contributed by atoms with Crippen molar-refractivity contribution in [3.63, 3.8) is 0 Å². The van der Waals surface area contributed by atoms with Crippen molar-refractivity contribution in [2.24, 2.45) is 5.92 Å². The zero-order chi connectivity index (χ0) is 30.8. The molecule has 220 valence electrons. The third kappa shape index (κ3) is 4.16. The number of rotatable bonds is 4. The van der Waals surface area contributed by atoms with Crippen LogP contribution in [0.1, 0.15) is 37.0 Å². The van der Waals surface area contributed by atoms with Gasteiger partial charge < -0.3 is 4.90 Å². The molecule has 6 aromatic rings. The molecule has 0 fully saturated rings. The van der Waals surface area contributed by atoms with Gasteiger partial charge in [0.2, 0.25) is 0 Å². The summed E-state index contributed by atoms with van der Waals surface area (Å²) >= 11 is 0. The summed E-state index contributed by atoms with van der Waals surface area (Å²) in [5.74, 6) is 0.448. The van der Waals surface area contributed by atoms with Crippen molar-refractivity contribution < 1.29 is 0 Å². The Labute approximate surface area is 271 Å². The number of allylic oxidation sites excluding steroid dienone is 8. The fourth-order valence-corrected chi connectivity index (χ4v) is 7.98. The van der Waals surface area contributed by atoms with E-state index in [0.29, 0.717) is 5.92 Å². The number of fused-ring (bicyclic) bond motifs is 6. The fraction of sp³-hybridized carbons (Fsp3) is 0.111. The molecule has 6 aromatic carbocycles. The zero-order valence-electron chi connectivity index (χ0n) is 26.2. The van der Waals surface area contributed by atoms with Crippen LogP contribution in [0.4, 0.5) is 17.1 Å². The number of benzene rings is 6. The molecule has 0 bridgehead atoms. The number of nitrogens with zero attached hydrogens (tertiary/aromatic N) is 1. The van der Waals surface area contributed by atoms with Gasteiger partial charge in [-0.05, 0) is 91.7 Å². The van der Waals surface area contributed by atoms with E-state index in [4.69, 9.17) is 0 Å². The van der Waals surface area contributed by atoms with E-state index in [0.717, 1.165) is 12.1 Å². The van der Waals surface area contributed by atoms with Crippen molar-refractivity contribution in [3.8, 4) is 11.1 Å². The Morgan fingerprint density at radius 1 is 0.630 bits per heavy atom. The second-order valence-electron chi connectivity index (χ2n) is 13.3. The Balaban J connectivity index is 1.32. The molecule has 0 saturated heterocycles. The topological polar surface area (TPSA) is 3.24 Å². The van der Waals surface area contributed by atoms with Crippen molar-refractivity contribution in [2.75, 3.05) is 4.90 Å². The Hall–Kier alpha value is -5.40. The molecule has 0 heterocycles. The van der Waals surface area contributed by atoms with E-state index in [1.165, 1.54) is 71.9 Å². The van der Waals surface area contributed by atoms with Crippen LogP contribution in [0.5, 0.6) is 0 Å². The monoisotopic (exact) mass is 589 g/mol. The molecule has 9 rings (SSSR count). The van der Waals surface area contributed by atoms with E-state index < -0.39 is 0 Å². The summed E-state index contributed by atoms with van der Waals surface area (Å²) < 4.78 is 0. The van der Waals surface area contributed by atoms with Crippen LogP contribution >= 0.6 is 0 Å². The van der Waals surface area contributed by atoms with Crippen LogP contribution in [0.15, 0.2) is 163 Å². The molecule has 46 heavy (non-hydrogen) atoms. The van der Waals surface area contributed by atoms with Gasteiger partial charge in [-0.15, -0.1) is 0 Å². The lowest BCUT2D eigenvalue weighted by Crippen LogP contribution is -2.16. The smallest absolute Gasteiger partial charge is 0.0546 e. The summed E-state index contributed by atoms with van der Waals surface area (Å²) in [6, 6.07) is 45.1. The lowest BCUT2D eigenvalue weighted by Gasteiger charge is -2.31.